The van der Waals surface area contributed by atoms with E-state index >= 15 is 0 Å². The molecule has 0 amide bonds. The van der Waals surface area contributed by atoms with Crippen LogP contribution < -0.4 is 0 Å². The Hall–Kier alpha value is -2.31. The summed E-state index contributed by atoms with van der Waals surface area (Å²) < 4.78 is 1.00. The van der Waals surface area contributed by atoms with Crippen LogP contribution in [0.15, 0.2) is 58.3 Å². The van der Waals surface area contributed by atoms with Crippen molar-refractivity contribution in [2.24, 2.45) is 0 Å². The molecule has 0 spiro atoms. The highest BCUT2D eigenvalue weighted by molar-refractivity contribution is 7.99. The van der Waals surface area contributed by atoms with Crippen molar-refractivity contribution in [1.29, 1.82) is 0 Å². The molecule has 0 aliphatic rings. The zero-order chi connectivity index (χ0) is 18.3. The van der Waals surface area contributed by atoms with Crippen molar-refractivity contribution in [3.63, 3.8) is 0 Å². The van der Waals surface area contributed by atoms with E-state index in [0.717, 1.165) is 14.3 Å². The SMILES string of the molecule is C[N+](C)(C)C.O=C(O)c1ccc(Sc2ccc(C(=O)O)cc2)cc1. The van der Waals surface area contributed by atoms with E-state index < -0.39 is 11.9 Å². The van der Waals surface area contributed by atoms with Gasteiger partial charge in [-0.05, 0) is 48.5 Å². The van der Waals surface area contributed by atoms with Crippen LogP contribution in [0, 0.1) is 0 Å². The minimum absolute atomic E-state index is 0.241. The Bertz CT molecular complexity index is 627. The number of rotatable bonds is 4. The molecule has 0 saturated heterocycles. The molecule has 2 N–H and O–H groups in total. The van der Waals surface area contributed by atoms with Crippen LogP contribution in [0.25, 0.3) is 0 Å². The first kappa shape index (κ1) is 19.7. The summed E-state index contributed by atoms with van der Waals surface area (Å²) in [6, 6.07) is 13.0. The number of benzene rings is 2. The molecule has 2 aromatic rings. The highest BCUT2D eigenvalue weighted by Gasteiger charge is 2.04. The number of nitrogens with zero attached hydrogens (tertiary/aromatic N) is 1. The van der Waals surface area contributed by atoms with Crippen molar-refractivity contribution in [2.45, 2.75) is 9.79 Å². The smallest absolute Gasteiger partial charge is 0.335 e. The topological polar surface area (TPSA) is 74.6 Å². The predicted molar refractivity (Wildman–Crippen MR) is 94.9 cm³/mol. The summed E-state index contributed by atoms with van der Waals surface area (Å²) in [6.45, 7) is 0. The van der Waals surface area contributed by atoms with Gasteiger partial charge in [0.15, 0.2) is 0 Å². The van der Waals surface area contributed by atoms with Crippen LogP contribution in [0.5, 0.6) is 0 Å². The van der Waals surface area contributed by atoms with E-state index in [9.17, 15) is 9.59 Å². The summed E-state index contributed by atoms with van der Waals surface area (Å²) in [7, 11) is 8.50. The molecule has 0 bridgehead atoms. The maximum absolute atomic E-state index is 10.7. The van der Waals surface area contributed by atoms with E-state index in [1.54, 1.807) is 24.3 Å². The van der Waals surface area contributed by atoms with Gasteiger partial charge in [0.1, 0.15) is 0 Å². The zero-order valence-electron chi connectivity index (χ0n) is 14.2. The Balaban J connectivity index is 0.000000505. The van der Waals surface area contributed by atoms with Crippen molar-refractivity contribution in [1.82, 2.24) is 0 Å². The van der Waals surface area contributed by atoms with Crippen LogP contribution in [-0.2, 0) is 0 Å². The lowest BCUT2D eigenvalue weighted by molar-refractivity contribution is -0.849. The van der Waals surface area contributed by atoms with E-state index in [-0.39, 0.29) is 11.1 Å². The van der Waals surface area contributed by atoms with Crippen molar-refractivity contribution in [3.8, 4) is 0 Å². The molecule has 0 radical (unpaired) electrons. The first-order valence-electron chi connectivity index (χ1n) is 7.20. The molecule has 0 fully saturated rings. The molecule has 0 saturated carbocycles. The summed E-state index contributed by atoms with van der Waals surface area (Å²) >= 11 is 1.44. The molecular weight excluding hydrogens is 326 g/mol. The minimum Gasteiger partial charge on any atom is -0.478 e. The van der Waals surface area contributed by atoms with Crippen molar-refractivity contribution in [2.75, 3.05) is 28.2 Å². The van der Waals surface area contributed by atoms with E-state index in [1.165, 1.54) is 36.0 Å². The summed E-state index contributed by atoms with van der Waals surface area (Å²) in [4.78, 5) is 23.2. The molecule has 0 aliphatic heterocycles. The van der Waals surface area contributed by atoms with Crippen molar-refractivity contribution in [3.05, 3.63) is 59.7 Å². The standard InChI is InChI=1S/C14H10O4S.C4H12N/c15-13(16)9-1-5-11(6-2-9)19-12-7-3-10(4-8-12)14(17)18;1-5(2,3)4/h1-8H,(H,15,16)(H,17,18);1-4H3/q;+1. The molecule has 0 atom stereocenters. The van der Waals surface area contributed by atoms with Gasteiger partial charge in [-0.15, -0.1) is 0 Å². The predicted octanol–water partition coefficient (Wildman–Crippen LogP) is 3.56. The van der Waals surface area contributed by atoms with Crippen molar-refractivity contribution < 1.29 is 24.3 Å². The van der Waals surface area contributed by atoms with Gasteiger partial charge in [0.2, 0.25) is 0 Å². The Morgan fingerprint density at radius 3 is 1.17 bits per heavy atom. The van der Waals surface area contributed by atoms with E-state index in [2.05, 4.69) is 28.2 Å². The van der Waals surface area contributed by atoms with Gasteiger partial charge < -0.3 is 14.7 Å². The van der Waals surface area contributed by atoms with Crippen LogP contribution in [0.4, 0.5) is 0 Å². The maximum atomic E-state index is 10.7. The third kappa shape index (κ3) is 7.80. The number of hydrogen-bond acceptors (Lipinski definition) is 3. The zero-order valence-corrected chi connectivity index (χ0v) is 15.0. The molecule has 2 aromatic carbocycles. The van der Waals surface area contributed by atoms with Gasteiger partial charge in [-0.1, -0.05) is 11.8 Å². The van der Waals surface area contributed by atoms with Crippen LogP contribution >= 0.6 is 11.8 Å². The second kappa shape index (κ2) is 8.52. The quantitative estimate of drug-likeness (QED) is 0.827. The molecule has 128 valence electrons. The number of carboxylic acid groups (broad SMARTS) is 2. The van der Waals surface area contributed by atoms with Crippen LogP contribution in [0.3, 0.4) is 0 Å². The summed E-state index contributed by atoms with van der Waals surface area (Å²) in [6.07, 6.45) is 0. The normalized spacial score (nSPS) is 10.5. The third-order valence-corrected chi connectivity index (χ3v) is 3.45. The molecular formula is C18H22NO4S+. The number of carboxylic acids is 2. The number of quaternary nitrogens is 1. The van der Waals surface area contributed by atoms with Crippen LogP contribution in [0.1, 0.15) is 20.7 Å². The van der Waals surface area contributed by atoms with Crippen LogP contribution in [-0.4, -0.2) is 54.8 Å². The first-order chi connectivity index (χ1) is 11.1. The Kier molecular flexibility index (Phi) is 7.00. The number of hydrogen-bond donors (Lipinski definition) is 2. The lowest BCUT2D eigenvalue weighted by Crippen LogP contribution is -2.27. The van der Waals surface area contributed by atoms with Gasteiger partial charge in [-0.2, -0.15) is 0 Å². The lowest BCUT2D eigenvalue weighted by Gasteiger charge is -2.14. The number of carbonyl (C=O) groups is 2. The summed E-state index contributed by atoms with van der Waals surface area (Å²) in [5.41, 5.74) is 0.483. The van der Waals surface area contributed by atoms with Gasteiger partial charge in [0.25, 0.3) is 0 Å². The van der Waals surface area contributed by atoms with Gasteiger partial charge in [-0.3, -0.25) is 0 Å². The second-order valence-electron chi connectivity index (χ2n) is 6.44. The maximum Gasteiger partial charge on any atom is 0.335 e. The summed E-state index contributed by atoms with van der Waals surface area (Å²) in [5.74, 6) is -1.91. The fourth-order valence-electron chi connectivity index (χ4n) is 1.47. The van der Waals surface area contributed by atoms with E-state index in [4.69, 9.17) is 10.2 Å². The Labute approximate surface area is 146 Å². The first-order valence-corrected chi connectivity index (χ1v) is 8.01. The summed E-state index contributed by atoms with van der Waals surface area (Å²) in [5, 5.41) is 17.6. The molecule has 24 heavy (non-hydrogen) atoms. The largest absolute Gasteiger partial charge is 0.478 e. The van der Waals surface area contributed by atoms with Crippen LogP contribution in [0.2, 0.25) is 0 Å². The van der Waals surface area contributed by atoms with Gasteiger partial charge >= 0.3 is 11.9 Å². The molecule has 0 aromatic heterocycles. The minimum atomic E-state index is -0.956. The number of aromatic carboxylic acids is 2. The second-order valence-corrected chi connectivity index (χ2v) is 7.59. The van der Waals surface area contributed by atoms with Gasteiger partial charge in [0, 0.05) is 9.79 Å². The fraction of sp³-hybridized carbons (Fsp3) is 0.222. The van der Waals surface area contributed by atoms with E-state index in [0.29, 0.717) is 0 Å². The average molecular weight is 348 g/mol. The third-order valence-electron chi connectivity index (χ3n) is 2.44. The highest BCUT2D eigenvalue weighted by atomic mass is 32.2. The molecule has 0 heterocycles. The Morgan fingerprint density at radius 1 is 0.708 bits per heavy atom. The monoisotopic (exact) mass is 348 g/mol. The van der Waals surface area contributed by atoms with Crippen molar-refractivity contribution >= 4 is 23.7 Å². The molecule has 2 rings (SSSR count). The van der Waals surface area contributed by atoms with Gasteiger partial charge in [0.05, 0.1) is 39.3 Å². The fourth-order valence-corrected chi connectivity index (χ4v) is 2.28. The molecule has 6 heteroatoms. The van der Waals surface area contributed by atoms with E-state index in [1.807, 2.05) is 0 Å². The lowest BCUT2D eigenvalue weighted by atomic mass is 10.2. The molecule has 0 unspecified atom stereocenters. The molecule has 0 aliphatic carbocycles. The Morgan fingerprint density at radius 2 is 0.958 bits per heavy atom. The average Bonchev–Trinajstić information content (AvgIpc) is 2.46. The highest BCUT2D eigenvalue weighted by Crippen LogP contribution is 2.27. The molecule has 5 nitrogen and oxygen atoms in total. The van der Waals surface area contributed by atoms with Gasteiger partial charge in [-0.25, -0.2) is 9.59 Å².